The van der Waals surface area contributed by atoms with Gasteiger partial charge in [0.25, 0.3) is 0 Å². The smallest absolute Gasteiger partial charge is 0.249 e. The molecule has 0 aliphatic rings. The molecule has 0 aliphatic heterocycles. The van der Waals surface area contributed by atoms with Crippen molar-refractivity contribution < 1.29 is 4.79 Å². The average Bonchev–Trinajstić information content (AvgIpc) is 2.19. The molecule has 2 N–H and O–H groups in total. The summed E-state index contributed by atoms with van der Waals surface area (Å²) in [5.41, 5.74) is 5.83. The van der Waals surface area contributed by atoms with Gasteiger partial charge in [0.2, 0.25) is 5.91 Å². The van der Waals surface area contributed by atoms with Gasteiger partial charge in [-0.05, 0) is 24.3 Å². The minimum Gasteiger partial charge on any atom is -0.366 e. The molecule has 0 heterocycles. The second-order valence-electron chi connectivity index (χ2n) is 2.75. The standard InChI is InChI=1S/C10H12ClNOS/c11-6-3-7-14-9-5-2-1-4-8(9)10(12)13/h1-2,4-5H,3,6-7H2,(H2,12,13). The van der Waals surface area contributed by atoms with E-state index in [9.17, 15) is 4.79 Å². The summed E-state index contributed by atoms with van der Waals surface area (Å²) in [5.74, 6) is 1.18. The molecule has 2 nitrogen and oxygen atoms in total. The number of carbonyl (C=O) groups is 1. The number of benzene rings is 1. The Morgan fingerprint density at radius 1 is 1.43 bits per heavy atom. The molecule has 0 unspecified atom stereocenters. The highest BCUT2D eigenvalue weighted by Crippen LogP contribution is 2.22. The summed E-state index contributed by atoms with van der Waals surface area (Å²) >= 11 is 7.18. The molecule has 0 radical (unpaired) electrons. The number of amides is 1. The van der Waals surface area contributed by atoms with Crippen molar-refractivity contribution in [3.05, 3.63) is 29.8 Å². The van der Waals surface area contributed by atoms with Gasteiger partial charge in [0.05, 0.1) is 5.56 Å². The van der Waals surface area contributed by atoms with Gasteiger partial charge < -0.3 is 5.73 Å². The lowest BCUT2D eigenvalue weighted by atomic mass is 10.2. The van der Waals surface area contributed by atoms with Gasteiger partial charge in [-0.3, -0.25) is 4.79 Å². The van der Waals surface area contributed by atoms with Crippen molar-refractivity contribution >= 4 is 29.3 Å². The molecule has 76 valence electrons. The lowest BCUT2D eigenvalue weighted by molar-refractivity contribution is 0.0997. The monoisotopic (exact) mass is 229 g/mol. The molecule has 0 aliphatic carbocycles. The lowest BCUT2D eigenvalue weighted by Crippen LogP contribution is -2.11. The molecule has 0 fully saturated rings. The van der Waals surface area contributed by atoms with E-state index in [0.29, 0.717) is 11.4 Å². The Morgan fingerprint density at radius 3 is 2.79 bits per heavy atom. The zero-order valence-electron chi connectivity index (χ0n) is 7.70. The second-order valence-corrected chi connectivity index (χ2v) is 4.27. The highest BCUT2D eigenvalue weighted by atomic mass is 35.5. The molecular formula is C10H12ClNOS. The van der Waals surface area contributed by atoms with Crippen LogP contribution >= 0.6 is 23.4 Å². The molecule has 0 saturated carbocycles. The quantitative estimate of drug-likeness (QED) is 0.479. The molecule has 0 aromatic heterocycles. The maximum absolute atomic E-state index is 11.0. The van der Waals surface area contributed by atoms with Crippen molar-refractivity contribution in [2.75, 3.05) is 11.6 Å². The third-order valence-corrected chi connectivity index (χ3v) is 3.12. The van der Waals surface area contributed by atoms with Crippen LogP contribution in [0.15, 0.2) is 29.2 Å². The van der Waals surface area contributed by atoms with Crippen molar-refractivity contribution in [2.45, 2.75) is 11.3 Å². The fraction of sp³-hybridized carbons (Fsp3) is 0.300. The maximum atomic E-state index is 11.0. The van der Waals surface area contributed by atoms with Crippen LogP contribution in [0.5, 0.6) is 0 Å². The average molecular weight is 230 g/mol. The number of primary amides is 1. The topological polar surface area (TPSA) is 43.1 Å². The molecule has 1 rings (SSSR count). The Bertz CT molecular complexity index is 317. The fourth-order valence-electron chi connectivity index (χ4n) is 1.03. The SMILES string of the molecule is NC(=O)c1ccccc1SCCCCl. The first-order valence-corrected chi connectivity index (χ1v) is 5.85. The largest absolute Gasteiger partial charge is 0.366 e. The summed E-state index contributed by atoms with van der Waals surface area (Å²) in [5, 5.41) is 0. The summed E-state index contributed by atoms with van der Waals surface area (Å²) in [4.78, 5) is 12.0. The molecule has 1 amide bonds. The number of alkyl halides is 1. The van der Waals surface area contributed by atoms with Gasteiger partial charge in [-0.15, -0.1) is 23.4 Å². The zero-order chi connectivity index (χ0) is 10.4. The Hall–Kier alpha value is -0.670. The number of carbonyl (C=O) groups excluding carboxylic acids is 1. The van der Waals surface area contributed by atoms with Crippen LogP contribution in [0.25, 0.3) is 0 Å². The van der Waals surface area contributed by atoms with E-state index in [-0.39, 0.29) is 5.91 Å². The summed E-state index contributed by atoms with van der Waals surface area (Å²) < 4.78 is 0. The van der Waals surface area contributed by atoms with Crippen molar-refractivity contribution in [1.82, 2.24) is 0 Å². The Morgan fingerprint density at radius 2 is 2.14 bits per heavy atom. The van der Waals surface area contributed by atoms with E-state index in [1.165, 1.54) is 0 Å². The van der Waals surface area contributed by atoms with Crippen molar-refractivity contribution in [3.63, 3.8) is 0 Å². The summed E-state index contributed by atoms with van der Waals surface area (Å²) in [6.45, 7) is 0. The van der Waals surface area contributed by atoms with E-state index in [4.69, 9.17) is 17.3 Å². The fourth-order valence-corrected chi connectivity index (χ4v) is 2.33. The van der Waals surface area contributed by atoms with Crippen LogP contribution in [0.2, 0.25) is 0 Å². The van der Waals surface area contributed by atoms with Gasteiger partial charge in [-0.25, -0.2) is 0 Å². The highest BCUT2D eigenvalue weighted by molar-refractivity contribution is 7.99. The molecule has 1 aromatic rings. The van der Waals surface area contributed by atoms with Gasteiger partial charge in [-0.2, -0.15) is 0 Å². The van der Waals surface area contributed by atoms with Gasteiger partial charge in [0.15, 0.2) is 0 Å². The molecular weight excluding hydrogens is 218 g/mol. The lowest BCUT2D eigenvalue weighted by Gasteiger charge is -2.04. The van der Waals surface area contributed by atoms with Gasteiger partial charge >= 0.3 is 0 Å². The van der Waals surface area contributed by atoms with Gasteiger partial charge in [0.1, 0.15) is 0 Å². The molecule has 0 bridgehead atoms. The van der Waals surface area contributed by atoms with Crippen LogP contribution in [0.1, 0.15) is 16.8 Å². The Kier molecular flexibility index (Phi) is 4.84. The first-order chi connectivity index (χ1) is 6.75. The van der Waals surface area contributed by atoms with Crippen LogP contribution in [-0.2, 0) is 0 Å². The number of nitrogens with two attached hydrogens (primary N) is 1. The number of halogens is 1. The van der Waals surface area contributed by atoms with Crippen LogP contribution in [0.3, 0.4) is 0 Å². The van der Waals surface area contributed by atoms with E-state index < -0.39 is 0 Å². The molecule has 14 heavy (non-hydrogen) atoms. The number of rotatable bonds is 5. The molecule has 0 atom stereocenters. The van der Waals surface area contributed by atoms with Crippen molar-refractivity contribution in [3.8, 4) is 0 Å². The van der Waals surface area contributed by atoms with Crippen LogP contribution in [0, 0.1) is 0 Å². The summed E-state index contributed by atoms with van der Waals surface area (Å²) in [6, 6.07) is 7.35. The van der Waals surface area contributed by atoms with Crippen molar-refractivity contribution in [2.24, 2.45) is 5.73 Å². The second kappa shape index (κ2) is 5.94. The molecule has 0 spiro atoms. The summed E-state index contributed by atoms with van der Waals surface area (Å²) in [6.07, 6.45) is 0.930. The van der Waals surface area contributed by atoms with E-state index >= 15 is 0 Å². The van der Waals surface area contributed by atoms with Crippen LogP contribution in [-0.4, -0.2) is 17.5 Å². The van der Waals surface area contributed by atoms with E-state index in [1.807, 2.05) is 18.2 Å². The summed E-state index contributed by atoms with van der Waals surface area (Å²) in [7, 11) is 0. The van der Waals surface area contributed by atoms with E-state index in [0.717, 1.165) is 17.1 Å². The third-order valence-electron chi connectivity index (χ3n) is 1.69. The molecule has 1 aromatic carbocycles. The third kappa shape index (κ3) is 3.24. The first-order valence-electron chi connectivity index (χ1n) is 4.33. The van der Waals surface area contributed by atoms with Crippen LogP contribution < -0.4 is 5.73 Å². The zero-order valence-corrected chi connectivity index (χ0v) is 9.27. The van der Waals surface area contributed by atoms with Crippen LogP contribution in [0.4, 0.5) is 0 Å². The normalized spacial score (nSPS) is 10.1. The highest BCUT2D eigenvalue weighted by Gasteiger charge is 2.06. The predicted molar refractivity (Wildman–Crippen MR) is 61.0 cm³/mol. The van der Waals surface area contributed by atoms with Crippen molar-refractivity contribution in [1.29, 1.82) is 0 Å². The maximum Gasteiger partial charge on any atom is 0.249 e. The minimum absolute atomic E-state index is 0.376. The Balaban J connectivity index is 2.69. The number of thioether (sulfide) groups is 1. The first kappa shape index (κ1) is 11.4. The minimum atomic E-state index is -0.376. The van der Waals surface area contributed by atoms with Gasteiger partial charge in [-0.1, -0.05) is 12.1 Å². The van der Waals surface area contributed by atoms with Gasteiger partial charge in [0, 0.05) is 10.8 Å². The molecule has 4 heteroatoms. The predicted octanol–water partition coefficient (Wildman–Crippen LogP) is 2.51. The number of hydrogen-bond acceptors (Lipinski definition) is 2. The number of hydrogen-bond donors (Lipinski definition) is 1. The molecule has 0 saturated heterocycles. The van der Waals surface area contributed by atoms with E-state index in [1.54, 1.807) is 17.8 Å². The Labute approximate surface area is 92.8 Å². The van der Waals surface area contributed by atoms with E-state index in [2.05, 4.69) is 0 Å².